The van der Waals surface area contributed by atoms with Crippen LogP contribution >= 0.6 is 12.2 Å². The fourth-order valence-electron chi connectivity index (χ4n) is 3.14. The van der Waals surface area contributed by atoms with Crippen LogP contribution in [0.25, 0.3) is 6.08 Å². The molecule has 0 spiro atoms. The summed E-state index contributed by atoms with van der Waals surface area (Å²) in [7, 11) is 0. The maximum absolute atomic E-state index is 12.1. The molecule has 1 saturated heterocycles. The van der Waals surface area contributed by atoms with Gasteiger partial charge in [-0.25, -0.2) is 0 Å². The van der Waals surface area contributed by atoms with E-state index in [-0.39, 0.29) is 16.1 Å². The fraction of sp³-hybridized carbons (Fsp3) is 0.320. The standard InChI is InChI=1S/C25H28N2O5S/c1-5-30-21-15-16(14-19-22(28)26-24(33)27-23(19)29)6-11-20(21)32-13-12-31-18-9-7-17(8-10-18)25(2,3)4/h6-11,14-15H,5,12-13H2,1-4H3,(H2,26,27,28,29,33). The number of amides is 2. The van der Waals surface area contributed by atoms with Crippen molar-refractivity contribution < 1.29 is 23.8 Å². The van der Waals surface area contributed by atoms with Crippen LogP contribution in [0.15, 0.2) is 48.0 Å². The summed E-state index contributed by atoms with van der Waals surface area (Å²) < 4.78 is 17.3. The monoisotopic (exact) mass is 468 g/mol. The summed E-state index contributed by atoms with van der Waals surface area (Å²) in [5, 5.41) is 4.82. The van der Waals surface area contributed by atoms with Gasteiger partial charge in [-0.1, -0.05) is 39.0 Å². The van der Waals surface area contributed by atoms with Crippen LogP contribution in [0.2, 0.25) is 0 Å². The minimum atomic E-state index is -0.547. The van der Waals surface area contributed by atoms with Crippen molar-refractivity contribution in [3.8, 4) is 17.2 Å². The van der Waals surface area contributed by atoms with Gasteiger partial charge in [-0.2, -0.15) is 0 Å². The molecule has 2 aromatic rings. The van der Waals surface area contributed by atoms with Crippen molar-refractivity contribution in [2.45, 2.75) is 33.1 Å². The minimum absolute atomic E-state index is 0.00623. The normalized spacial score (nSPS) is 13.8. The molecule has 2 amide bonds. The van der Waals surface area contributed by atoms with Crippen LogP contribution in [0.1, 0.15) is 38.8 Å². The molecule has 2 aromatic carbocycles. The van der Waals surface area contributed by atoms with E-state index in [0.717, 1.165) is 5.75 Å². The van der Waals surface area contributed by atoms with E-state index in [1.807, 2.05) is 19.1 Å². The van der Waals surface area contributed by atoms with E-state index >= 15 is 0 Å². The van der Waals surface area contributed by atoms with Gasteiger partial charge in [0, 0.05) is 0 Å². The van der Waals surface area contributed by atoms with Crippen molar-refractivity contribution in [2.75, 3.05) is 19.8 Å². The third-order valence-corrected chi connectivity index (χ3v) is 5.06. The van der Waals surface area contributed by atoms with Gasteiger partial charge in [0.15, 0.2) is 16.6 Å². The van der Waals surface area contributed by atoms with Gasteiger partial charge in [-0.3, -0.25) is 20.2 Å². The highest BCUT2D eigenvalue weighted by atomic mass is 32.1. The van der Waals surface area contributed by atoms with Crippen LogP contribution in [-0.2, 0) is 15.0 Å². The van der Waals surface area contributed by atoms with Gasteiger partial charge in [0.25, 0.3) is 11.8 Å². The Hall–Kier alpha value is -3.39. The molecule has 1 aliphatic heterocycles. The molecule has 0 atom stereocenters. The average molecular weight is 469 g/mol. The van der Waals surface area contributed by atoms with Crippen molar-refractivity contribution in [1.29, 1.82) is 0 Å². The van der Waals surface area contributed by atoms with Crippen molar-refractivity contribution >= 4 is 35.2 Å². The van der Waals surface area contributed by atoms with E-state index in [4.69, 9.17) is 26.4 Å². The number of nitrogens with one attached hydrogen (secondary N) is 2. The second-order valence-corrected chi connectivity index (χ2v) is 8.81. The maximum Gasteiger partial charge on any atom is 0.263 e. The molecule has 7 nitrogen and oxygen atoms in total. The second-order valence-electron chi connectivity index (χ2n) is 8.41. The van der Waals surface area contributed by atoms with Crippen LogP contribution in [0, 0.1) is 0 Å². The Morgan fingerprint density at radius 2 is 1.52 bits per heavy atom. The van der Waals surface area contributed by atoms with E-state index < -0.39 is 11.8 Å². The SMILES string of the molecule is CCOc1cc(C=C2C(=O)NC(=S)NC2=O)ccc1OCCOc1ccc(C(C)(C)C)cc1. The highest BCUT2D eigenvalue weighted by Crippen LogP contribution is 2.30. The molecule has 2 N–H and O–H groups in total. The van der Waals surface area contributed by atoms with Gasteiger partial charge in [0.2, 0.25) is 0 Å². The average Bonchev–Trinajstić information content (AvgIpc) is 2.75. The summed E-state index contributed by atoms with van der Waals surface area (Å²) in [5.74, 6) is 0.740. The Labute approximate surface area is 199 Å². The zero-order valence-electron chi connectivity index (χ0n) is 19.2. The fourth-order valence-corrected chi connectivity index (χ4v) is 3.32. The van der Waals surface area contributed by atoms with E-state index in [2.05, 4.69) is 43.5 Å². The van der Waals surface area contributed by atoms with E-state index in [1.54, 1.807) is 18.2 Å². The Kier molecular flexibility index (Phi) is 7.71. The van der Waals surface area contributed by atoms with Crippen molar-refractivity contribution in [2.24, 2.45) is 0 Å². The Bertz CT molecular complexity index is 1050. The first-order chi connectivity index (χ1) is 15.7. The summed E-state index contributed by atoms with van der Waals surface area (Å²) in [4.78, 5) is 24.1. The van der Waals surface area contributed by atoms with Crippen molar-refractivity contribution in [3.63, 3.8) is 0 Å². The summed E-state index contributed by atoms with van der Waals surface area (Å²) in [6.45, 7) is 9.49. The predicted octanol–water partition coefficient (Wildman–Crippen LogP) is 3.75. The number of thiocarbonyl (C=S) groups is 1. The molecule has 0 aliphatic carbocycles. The lowest BCUT2D eigenvalue weighted by Gasteiger charge is -2.19. The Morgan fingerprint density at radius 1 is 0.879 bits per heavy atom. The zero-order valence-corrected chi connectivity index (χ0v) is 20.0. The van der Waals surface area contributed by atoms with Crippen LogP contribution in [0.4, 0.5) is 0 Å². The lowest BCUT2D eigenvalue weighted by atomic mass is 9.87. The first-order valence-corrected chi connectivity index (χ1v) is 11.1. The van der Waals surface area contributed by atoms with E-state index in [1.165, 1.54) is 11.6 Å². The Morgan fingerprint density at radius 3 is 2.12 bits per heavy atom. The van der Waals surface area contributed by atoms with Gasteiger partial charge < -0.3 is 14.2 Å². The number of rotatable bonds is 8. The first kappa shape index (κ1) is 24.3. The molecule has 1 heterocycles. The highest BCUT2D eigenvalue weighted by molar-refractivity contribution is 7.80. The molecule has 1 aliphatic rings. The third kappa shape index (κ3) is 6.55. The van der Waals surface area contributed by atoms with Crippen LogP contribution in [-0.4, -0.2) is 36.7 Å². The lowest BCUT2D eigenvalue weighted by Crippen LogP contribution is -2.51. The molecule has 1 fully saturated rings. The Balaban J connectivity index is 1.62. The topological polar surface area (TPSA) is 85.9 Å². The maximum atomic E-state index is 12.1. The molecular weight excluding hydrogens is 440 g/mol. The number of ether oxygens (including phenoxy) is 3. The molecule has 0 unspecified atom stereocenters. The smallest absolute Gasteiger partial charge is 0.263 e. The third-order valence-electron chi connectivity index (χ3n) is 4.85. The number of hydrogen-bond acceptors (Lipinski definition) is 6. The molecule has 0 radical (unpaired) electrons. The van der Waals surface area contributed by atoms with Gasteiger partial charge in [-0.15, -0.1) is 0 Å². The molecule has 174 valence electrons. The summed E-state index contributed by atoms with van der Waals surface area (Å²) in [6, 6.07) is 13.2. The zero-order chi connectivity index (χ0) is 24.0. The molecule has 0 aromatic heterocycles. The molecule has 3 rings (SSSR count). The molecule has 8 heteroatoms. The molecule has 33 heavy (non-hydrogen) atoms. The van der Waals surface area contributed by atoms with E-state index in [0.29, 0.717) is 36.9 Å². The number of benzene rings is 2. The lowest BCUT2D eigenvalue weighted by molar-refractivity contribution is -0.123. The minimum Gasteiger partial charge on any atom is -0.490 e. The predicted molar refractivity (Wildman–Crippen MR) is 131 cm³/mol. The van der Waals surface area contributed by atoms with E-state index in [9.17, 15) is 9.59 Å². The van der Waals surface area contributed by atoms with Crippen LogP contribution in [0.3, 0.4) is 0 Å². The highest BCUT2D eigenvalue weighted by Gasteiger charge is 2.25. The largest absolute Gasteiger partial charge is 0.490 e. The van der Waals surface area contributed by atoms with Gasteiger partial charge in [-0.05, 0) is 66.0 Å². The second kappa shape index (κ2) is 10.5. The summed E-state index contributed by atoms with van der Waals surface area (Å²) in [5.41, 5.74) is 1.92. The summed E-state index contributed by atoms with van der Waals surface area (Å²) >= 11 is 4.81. The van der Waals surface area contributed by atoms with Gasteiger partial charge in [0.1, 0.15) is 24.5 Å². The van der Waals surface area contributed by atoms with Gasteiger partial charge in [0.05, 0.1) is 6.61 Å². The first-order valence-electron chi connectivity index (χ1n) is 10.7. The van der Waals surface area contributed by atoms with Crippen molar-refractivity contribution in [1.82, 2.24) is 10.6 Å². The summed E-state index contributed by atoms with van der Waals surface area (Å²) in [6.07, 6.45) is 1.48. The van der Waals surface area contributed by atoms with Gasteiger partial charge >= 0.3 is 0 Å². The molecule has 0 bridgehead atoms. The van der Waals surface area contributed by atoms with Crippen molar-refractivity contribution in [3.05, 3.63) is 59.2 Å². The number of carbonyl (C=O) groups is 2. The molecule has 0 saturated carbocycles. The molecular formula is C25H28N2O5S. The number of hydrogen-bond donors (Lipinski definition) is 2. The van der Waals surface area contributed by atoms with Crippen LogP contribution in [0.5, 0.6) is 17.2 Å². The number of carbonyl (C=O) groups excluding carboxylic acids is 2. The van der Waals surface area contributed by atoms with Crippen LogP contribution < -0.4 is 24.8 Å². The quantitative estimate of drug-likeness (QED) is 0.266.